The molecule has 0 spiro atoms. The molecule has 1 unspecified atom stereocenters. The zero-order valence-corrected chi connectivity index (χ0v) is 13.5. The Balaban J connectivity index is 2.07. The summed E-state index contributed by atoms with van der Waals surface area (Å²) in [5.41, 5.74) is 7.57. The third kappa shape index (κ3) is 3.31. The van der Waals surface area contributed by atoms with Crippen LogP contribution in [-0.4, -0.2) is 21.3 Å². The van der Waals surface area contributed by atoms with E-state index in [9.17, 15) is 0 Å². The molecule has 1 atom stereocenters. The summed E-state index contributed by atoms with van der Waals surface area (Å²) in [6, 6.07) is 0.455. The number of nitrogens with zero attached hydrogens (tertiary/aromatic N) is 2. The van der Waals surface area contributed by atoms with Crippen LogP contribution >= 0.6 is 27.7 Å². The SMILES string of the molecule is CC(C)n1ncc(Br)c1C(N)CC1CCSCC1. The molecule has 0 bridgehead atoms. The predicted octanol–water partition coefficient (Wildman–Crippen LogP) is 3.76. The first-order chi connectivity index (χ1) is 8.59. The van der Waals surface area contributed by atoms with E-state index in [0.717, 1.165) is 22.5 Å². The maximum absolute atomic E-state index is 6.41. The van der Waals surface area contributed by atoms with E-state index >= 15 is 0 Å². The third-order valence-electron chi connectivity index (χ3n) is 3.56. The smallest absolute Gasteiger partial charge is 0.0696 e. The van der Waals surface area contributed by atoms with Crippen LogP contribution in [-0.2, 0) is 0 Å². The number of thioether (sulfide) groups is 1. The van der Waals surface area contributed by atoms with Gasteiger partial charge in [0.1, 0.15) is 0 Å². The topological polar surface area (TPSA) is 43.8 Å². The molecule has 1 aromatic rings. The molecular formula is C13H22BrN3S. The van der Waals surface area contributed by atoms with Gasteiger partial charge in [0.05, 0.1) is 16.4 Å². The van der Waals surface area contributed by atoms with Gasteiger partial charge in [-0.3, -0.25) is 4.68 Å². The molecular weight excluding hydrogens is 310 g/mol. The lowest BCUT2D eigenvalue weighted by molar-refractivity contribution is 0.389. The Bertz CT molecular complexity index is 386. The number of hydrogen-bond acceptors (Lipinski definition) is 3. The van der Waals surface area contributed by atoms with Crippen LogP contribution in [0.3, 0.4) is 0 Å². The first-order valence-electron chi connectivity index (χ1n) is 6.65. The molecule has 1 aliphatic rings. The summed E-state index contributed by atoms with van der Waals surface area (Å²) in [5, 5.41) is 4.42. The van der Waals surface area contributed by atoms with Crippen LogP contribution in [0.1, 0.15) is 50.9 Å². The lowest BCUT2D eigenvalue weighted by atomic mass is 9.93. The molecule has 0 amide bonds. The van der Waals surface area contributed by atoms with Crippen molar-refractivity contribution in [2.45, 2.75) is 45.2 Å². The third-order valence-corrected chi connectivity index (χ3v) is 5.22. The highest BCUT2D eigenvalue weighted by atomic mass is 79.9. The van der Waals surface area contributed by atoms with Crippen molar-refractivity contribution in [3.05, 3.63) is 16.4 Å². The molecule has 2 rings (SSSR count). The summed E-state index contributed by atoms with van der Waals surface area (Å²) in [6.45, 7) is 4.29. The molecule has 1 aliphatic heterocycles. The fraction of sp³-hybridized carbons (Fsp3) is 0.769. The summed E-state index contributed by atoms with van der Waals surface area (Å²) in [5.74, 6) is 3.37. The van der Waals surface area contributed by atoms with Crippen molar-refractivity contribution in [2.75, 3.05) is 11.5 Å². The number of rotatable bonds is 4. The van der Waals surface area contributed by atoms with Crippen molar-refractivity contribution in [1.29, 1.82) is 0 Å². The first kappa shape index (κ1) is 14.4. The molecule has 2 N–H and O–H groups in total. The summed E-state index contributed by atoms with van der Waals surface area (Å²) in [7, 11) is 0. The first-order valence-corrected chi connectivity index (χ1v) is 8.60. The van der Waals surface area contributed by atoms with Gasteiger partial charge in [0.25, 0.3) is 0 Å². The monoisotopic (exact) mass is 331 g/mol. The minimum Gasteiger partial charge on any atom is -0.323 e. The van der Waals surface area contributed by atoms with Gasteiger partial charge in [-0.05, 0) is 66.5 Å². The average Bonchev–Trinajstić information content (AvgIpc) is 2.72. The normalized spacial score (nSPS) is 19.4. The van der Waals surface area contributed by atoms with Crippen LogP contribution in [0.4, 0.5) is 0 Å². The molecule has 1 fully saturated rings. The lowest BCUT2D eigenvalue weighted by Gasteiger charge is -2.25. The van der Waals surface area contributed by atoms with Crippen LogP contribution in [0.5, 0.6) is 0 Å². The second-order valence-electron chi connectivity index (χ2n) is 5.31. The largest absolute Gasteiger partial charge is 0.323 e. The fourth-order valence-electron chi connectivity index (χ4n) is 2.56. The highest BCUT2D eigenvalue weighted by Crippen LogP contribution is 2.33. The van der Waals surface area contributed by atoms with Crippen molar-refractivity contribution in [3.63, 3.8) is 0 Å². The second kappa shape index (κ2) is 6.44. The molecule has 3 nitrogen and oxygen atoms in total. The van der Waals surface area contributed by atoms with Gasteiger partial charge in [-0.15, -0.1) is 0 Å². The second-order valence-corrected chi connectivity index (χ2v) is 7.39. The minimum atomic E-state index is 0.0948. The van der Waals surface area contributed by atoms with Gasteiger partial charge in [0, 0.05) is 12.1 Å². The Morgan fingerprint density at radius 2 is 2.17 bits per heavy atom. The summed E-state index contributed by atoms with van der Waals surface area (Å²) in [6.07, 6.45) is 5.57. The number of hydrogen-bond donors (Lipinski definition) is 1. The fourth-order valence-corrected chi connectivity index (χ4v) is 4.33. The van der Waals surface area contributed by atoms with Crippen LogP contribution in [0.25, 0.3) is 0 Å². The van der Waals surface area contributed by atoms with Crippen molar-refractivity contribution in [3.8, 4) is 0 Å². The highest BCUT2D eigenvalue weighted by molar-refractivity contribution is 9.10. The predicted molar refractivity (Wildman–Crippen MR) is 81.9 cm³/mol. The zero-order valence-electron chi connectivity index (χ0n) is 11.1. The van der Waals surface area contributed by atoms with Gasteiger partial charge < -0.3 is 5.73 Å². The van der Waals surface area contributed by atoms with Gasteiger partial charge in [-0.25, -0.2) is 0 Å². The van der Waals surface area contributed by atoms with E-state index in [-0.39, 0.29) is 6.04 Å². The standard InChI is InChI=1S/C13H22BrN3S/c1-9(2)17-13(11(14)8-16-17)12(15)7-10-3-5-18-6-4-10/h8-10,12H,3-7,15H2,1-2H3. The molecule has 1 aromatic heterocycles. The highest BCUT2D eigenvalue weighted by Gasteiger charge is 2.23. The van der Waals surface area contributed by atoms with Crippen molar-refractivity contribution >= 4 is 27.7 Å². The Morgan fingerprint density at radius 1 is 1.50 bits per heavy atom. The molecule has 0 aliphatic carbocycles. The minimum absolute atomic E-state index is 0.0948. The lowest BCUT2D eigenvalue weighted by Crippen LogP contribution is -2.22. The Hall–Kier alpha value is -0.0000000000000000555. The van der Waals surface area contributed by atoms with Crippen LogP contribution < -0.4 is 5.73 Å². The molecule has 102 valence electrons. The Morgan fingerprint density at radius 3 is 2.78 bits per heavy atom. The molecule has 5 heteroatoms. The summed E-state index contributed by atoms with van der Waals surface area (Å²) in [4.78, 5) is 0. The van der Waals surface area contributed by atoms with Gasteiger partial charge in [-0.2, -0.15) is 16.9 Å². The van der Waals surface area contributed by atoms with E-state index in [4.69, 9.17) is 5.73 Å². The average molecular weight is 332 g/mol. The Kier molecular flexibility index (Phi) is 5.15. The maximum atomic E-state index is 6.41. The van der Waals surface area contributed by atoms with Crippen molar-refractivity contribution in [2.24, 2.45) is 11.7 Å². The number of halogens is 1. The molecule has 18 heavy (non-hydrogen) atoms. The van der Waals surface area contributed by atoms with E-state index < -0.39 is 0 Å². The van der Waals surface area contributed by atoms with E-state index in [1.807, 2.05) is 10.9 Å². The number of aromatic nitrogens is 2. The van der Waals surface area contributed by atoms with E-state index in [1.165, 1.54) is 24.3 Å². The summed E-state index contributed by atoms with van der Waals surface area (Å²) < 4.78 is 3.10. The summed E-state index contributed by atoms with van der Waals surface area (Å²) >= 11 is 5.65. The molecule has 2 heterocycles. The van der Waals surface area contributed by atoms with Gasteiger partial charge in [-0.1, -0.05) is 0 Å². The van der Waals surface area contributed by atoms with Gasteiger partial charge in [0.15, 0.2) is 0 Å². The van der Waals surface area contributed by atoms with Crippen LogP contribution in [0.2, 0.25) is 0 Å². The van der Waals surface area contributed by atoms with Crippen LogP contribution in [0.15, 0.2) is 10.7 Å². The number of nitrogens with two attached hydrogens (primary N) is 1. The van der Waals surface area contributed by atoms with E-state index in [1.54, 1.807) is 0 Å². The zero-order chi connectivity index (χ0) is 13.1. The molecule has 1 saturated heterocycles. The Labute approximate surface area is 122 Å². The molecule has 0 radical (unpaired) electrons. The quantitative estimate of drug-likeness (QED) is 0.913. The molecule has 0 aromatic carbocycles. The van der Waals surface area contributed by atoms with Crippen LogP contribution in [0, 0.1) is 5.92 Å². The van der Waals surface area contributed by atoms with E-state index in [2.05, 4.69) is 46.6 Å². The molecule has 0 saturated carbocycles. The van der Waals surface area contributed by atoms with Crippen molar-refractivity contribution < 1.29 is 0 Å². The van der Waals surface area contributed by atoms with Crippen molar-refractivity contribution in [1.82, 2.24) is 9.78 Å². The van der Waals surface area contributed by atoms with E-state index in [0.29, 0.717) is 6.04 Å². The van der Waals surface area contributed by atoms with Gasteiger partial charge in [0.2, 0.25) is 0 Å². The maximum Gasteiger partial charge on any atom is 0.0696 e. The van der Waals surface area contributed by atoms with Gasteiger partial charge >= 0.3 is 0 Å².